The molecule has 3 rings (SSSR count). The molecule has 1 heterocycles. The fraction of sp³-hybridized carbons (Fsp3) is 0.125. The summed E-state index contributed by atoms with van der Waals surface area (Å²) >= 11 is 5.95. The predicted octanol–water partition coefficient (Wildman–Crippen LogP) is 3.30. The van der Waals surface area contributed by atoms with Crippen molar-refractivity contribution in [1.82, 2.24) is 15.1 Å². The van der Waals surface area contributed by atoms with Gasteiger partial charge in [0.25, 0.3) is 5.91 Å². The van der Waals surface area contributed by atoms with Crippen LogP contribution in [0.15, 0.2) is 42.5 Å². The van der Waals surface area contributed by atoms with E-state index in [1.807, 2.05) is 24.3 Å². The molecule has 0 saturated carbocycles. The van der Waals surface area contributed by atoms with Crippen LogP contribution < -0.4 is 5.32 Å². The number of nitrogens with zero attached hydrogens (tertiary/aromatic N) is 2. The minimum absolute atomic E-state index is 0.211. The largest absolute Gasteiger partial charge is 0.346 e. The monoisotopic (exact) mass is 317 g/mol. The highest BCUT2D eigenvalue weighted by Crippen LogP contribution is 2.19. The Morgan fingerprint density at radius 3 is 2.86 bits per heavy atom. The number of benzene rings is 2. The highest BCUT2D eigenvalue weighted by Gasteiger charge is 2.15. The number of carbonyl (C=O) groups excluding carboxylic acids is 1. The van der Waals surface area contributed by atoms with E-state index in [1.165, 1.54) is 12.1 Å². The zero-order valence-electron chi connectivity index (χ0n) is 11.8. The van der Waals surface area contributed by atoms with Crippen LogP contribution in [0.4, 0.5) is 4.39 Å². The lowest BCUT2D eigenvalue weighted by atomic mass is 10.2. The zero-order valence-corrected chi connectivity index (χ0v) is 12.6. The zero-order chi connectivity index (χ0) is 15.7. The molecule has 6 heteroatoms. The van der Waals surface area contributed by atoms with E-state index >= 15 is 0 Å². The number of halogens is 2. The summed E-state index contributed by atoms with van der Waals surface area (Å²) in [5.41, 5.74) is 1.89. The third-order valence-corrected chi connectivity index (χ3v) is 3.78. The molecule has 0 saturated heterocycles. The van der Waals surface area contributed by atoms with Gasteiger partial charge in [-0.1, -0.05) is 35.9 Å². The summed E-state index contributed by atoms with van der Waals surface area (Å²) in [6.45, 7) is 0.211. The second-order valence-corrected chi connectivity index (χ2v) is 5.31. The van der Waals surface area contributed by atoms with Crippen LogP contribution in [-0.4, -0.2) is 15.7 Å². The number of nitrogens with one attached hydrogen (secondary N) is 1. The van der Waals surface area contributed by atoms with E-state index < -0.39 is 5.82 Å². The lowest BCUT2D eigenvalue weighted by Gasteiger charge is -2.06. The number of carbonyl (C=O) groups is 1. The third kappa shape index (κ3) is 2.67. The van der Waals surface area contributed by atoms with Crippen LogP contribution in [0.5, 0.6) is 0 Å². The highest BCUT2D eigenvalue weighted by atomic mass is 35.5. The summed E-state index contributed by atoms with van der Waals surface area (Å²) in [5.74, 6) is -0.701. The molecule has 22 heavy (non-hydrogen) atoms. The molecule has 4 nitrogen and oxygen atoms in total. The summed E-state index contributed by atoms with van der Waals surface area (Å²) in [6.07, 6.45) is 0. The Balaban J connectivity index is 1.82. The minimum atomic E-state index is -0.407. The van der Waals surface area contributed by atoms with Gasteiger partial charge in [-0.3, -0.25) is 9.48 Å². The Morgan fingerprint density at radius 2 is 2.09 bits per heavy atom. The lowest BCUT2D eigenvalue weighted by Crippen LogP contribution is -2.23. The van der Waals surface area contributed by atoms with Crippen molar-refractivity contribution in [3.8, 4) is 0 Å². The van der Waals surface area contributed by atoms with Crippen molar-refractivity contribution in [2.75, 3.05) is 0 Å². The van der Waals surface area contributed by atoms with Gasteiger partial charge < -0.3 is 5.32 Å². The molecule has 0 aliphatic heterocycles. The smallest absolute Gasteiger partial charge is 0.272 e. The van der Waals surface area contributed by atoms with Gasteiger partial charge in [-0.15, -0.1) is 0 Å². The molecule has 0 spiro atoms. The van der Waals surface area contributed by atoms with Crippen molar-refractivity contribution in [2.45, 2.75) is 6.54 Å². The first-order chi connectivity index (χ1) is 10.6. The fourth-order valence-electron chi connectivity index (χ4n) is 2.31. The maximum absolute atomic E-state index is 13.0. The fourth-order valence-corrected chi connectivity index (χ4v) is 2.54. The van der Waals surface area contributed by atoms with Crippen LogP contribution >= 0.6 is 11.6 Å². The summed E-state index contributed by atoms with van der Waals surface area (Å²) in [4.78, 5) is 12.3. The lowest BCUT2D eigenvalue weighted by molar-refractivity contribution is 0.0947. The van der Waals surface area contributed by atoms with Crippen LogP contribution in [0.3, 0.4) is 0 Å². The number of hydrogen-bond acceptors (Lipinski definition) is 2. The molecule has 0 aliphatic rings. The molecule has 1 aromatic heterocycles. The summed E-state index contributed by atoms with van der Waals surface area (Å²) < 4.78 is 14.7. The Kier molecular flexibility index (Phi) is 3.81. The van der Waals surface area contributed by atoms with Crippen molar-refractivity contribution in [1.29, 1.82) is 0 Å². The summed E-state index contributed by atoms with van der Waals surface area (Å²) in [7, 11) is 1.79. The van der Waals surface area contributed by atoms with Crippen molar-refractivity contribution in [3.05, 3.63) is 64.6 Å². The second-order valence-electron chi connectivity index (χ2n) is 4.91. The maximum Gasteiger partial charge on any atom is 0.272 e. The molecule has 1 amide bonds. The number of hydrogen-bond donors (Lipinski definition) is 1. The van der Waals surface area contributed by atoms with E-state index in [-0.39, 0.29) is 17.5 Å². The van der Waals surface area contributed by atoms with Gasteiger partial charge in [0.15, 0.2) is 5.69 Å². The maximum atomic E-state index is 13.0. The Morgan fingerprint density at radius 1 is 1.32 bits per heavy atom. The number of aromatic nitrogens is 2. The van der Waals surface area contributed by atoms with Crippen LogP contribution in [0, 0.1) is 5.82 Å². The van der Waals surface area contributed by atoms with Gasteiger partial charge in [0, 0.05) is 24.0 Å². The normalized spacial score (nSPS) is 10.9. The Hall–Kier alpha value is -2.40. The van der Waals surface area contributed by atoms with Gasteiger partial charge in [-0.25, -0.2) is 4.39 Å². The first kappa shape index (κ1) is 14.5. The van der Waals surface area contributed by atoms with E-state index in [0.717, 1.165) is 10.9 Å². The van der Waals surface area contributed by atoms with Crippen LogP contribution in [-0.2, 0) is 13.6 Å². The van der Waals surface area contributed by atoms with Crippen LogP contribution in [0.2, 0.25) is 5.02 Å². The van der Waals surface area contributed by atoms with Gasteiger partial charge in [0.05, 0.1) is 5.52 Å². The number of para-hydroxylation sites is 1. The van der Waals surface area contributed by atoms with E-state index in [0.29, 0.717) is 11.3 Å². The molecule has 112 valence electrons. The molecular formula is C16H13ClFN3O. The summed E-state index contributed by atoms with van der Waals surface area (Å²) in [6, 6.07) is 11.6. The van der Waals surface area contributed by atoms with Gasteiger partial charge in [0.2, 0.25) is 0 Å². The average molecular weight is 318 g/mol. The average Bonchev–Trinajstić information content (AvgIpc) is 2.84. The van der Waals surface area contributed by atoms with Gasteiger partial charge in [0.1, 0.15) is 5.82 Å². The molecule has 2 aromatic carbocycles. The molecule has 0 fully saturated rings. The number of rotatable bonds is 3. The summed E-state index contributed by atoms with van der Waals surface area (Å²) in [5, 5.41) is 8.08. The number of amides is 1. The van der Waals surface area contributed by atoms with Gasteiger partial charge in [-0.05, 0) is 23.8 Å². The van der Waals surface area contributed by atoms with E-state index in [2.05, 4.69) is 10.4 Å². The third-order valence-electron chi connectivity index (χ3n) is 3.43. The van der Waals surface area contributed by atoms with Crippen LogP contribution in [0.1, 0.15) is 16.1 Å². The molecule has 0 atom stereocenters. The Labute approximate surface area is 131 Å². The van der Waals surface area contributed by atoms with Crippen molar-refractivity contribution in [2.24, 2.45) is 7.05 Å². The molecule has 1 N–H and O–H groups in total. The molecule has 0 aliphatic carbocycles. The molecule has 0 unspecified atom stereocenters. The first-order valence-electron chi connectivity index (χ1n) is 6.70. The van der Waals surface area contributed by atoms with Crippen molar-refractivity contribution >= 4 is 28.4 Å². The van der Waals surface area contributed by atoms with E-state index in [4.69, 9.17) is 11.6 Å². The first-order valence-corrected chi connectivity index (χ1v) is 7.08. The molecule has 0 radical (unpaired) electrons. The topological polar surface area (TPSA) is 46.9 Å². The van der Waals surface area contributed by atoms with Crippen molar-refractivity contribution in [3.63, 3.8) is 0 Å². The Bertz CT molecular complexity index is 860. The second kappa shape index (κ2) is 5.77. The highest BCUT2D eigenvalue weighted by molar-refractivity contribution is 6.31. The van der Waals surface area contributed by atoms with E-state index in [1.54, 1.807) is 17.8 Å². The van der Waals surface area contributed by atoms with Gasteiger partial charge >= 0.3 is 0 Å². The number of aryl methyl sites for hydroxylation is 1. The molecular weight excluding hydrogens is 305 g/mol. The molecule has 0 bridgehead atoms. The van der Waals surface area contributed by atoms with E-state index in [9.17, 15) is 9.18 Å². The SMILES string of the molecule is Cn1nc(C(=O)NCc2ccc(F)cc2Cl)c2ccccc21. The quantitative estimate of drug-likeness (QED) is 0.805. The molecule has 3 aromatic rings. The predicted molar refractivity (Wildman–Crippen MR) is 83.3 cm³/mol. The van der Waals surface area contributed by atoms with Crippen molar-refractivity contribution < 1.29 is 9.18 Å². The minimum Gasteiger partial charge on any atom is -0.346 e. The standard InChI is InChI=1S/C16H13ClFN3O/c1-21-14-5-3-2-4-12(14)15(20-21)16(22)19-9-10-6-7-11(18)8-13(10)17/h2-8H,9H2,1H3,(H,19,22). The number of fused-ring (bicyclic) bond motifs is 1. The van der Waals surface area contributed by atoms with Gasteiger partial charge in [-0.2, -0.15) is 5.10 Å². The van der Waals surface area contributed by atoms with Crippen LogP contribution in [0.25, 0.3) is 10.9 Å².